The summed E-state index contributed by atoms with van der Waals surface area (Å²) in [6, 6.07) is 6.04. The Balaban J connectivity index is 2.48. The van der Waals surface area contributed by atoms with Crippen molar-refractivity contribution in [2.75, 3.05) is 0 Å². The zero-order valence-electron chi connectivity index (χ0n) is 9.95. The number of benzene rings is 1. The summed E-state index contributed by atoms with van der Waals surface area (Å²) in [5, 5.41) is 18.6. The summed E-state index contributed by atoms with van der Waals surface area (Å²) < 4.78 is -0.0180. The van der Waals surface area contributed by atoms with Gasteiger partial charge in [-0.2, -0.15) is 0 Å². The summed E-state index contributed by atoms with van der Waals surface area (Å²) in [5.74, 6) is -1.57. The molecule has 0 amide bonds. The molecule has 0 saturated carbocycles. The number of hydrogen-bond acceptors (Lipinski definition) is 5. The molecular weight excluding hydrogens is 282 g/mol. The lowest BCUT2D eigenvalue weighted by Gasteiger charge is -2.00. The van der Waals surface area contributed by atoms with Crippen LogP contribution in [0.1, 0.15) is 15.9 Å². The average molecular weight is 291 g/mol. The molecule has 0 spiro atoms. The number of aromatic amines is 2. The van der Waals surface area contributed by atoms with E-state index in [2.05, 4.69) is 27.2 Å². The van der Waals surface area contributed by atoms with Crippen molar-refractivity contribution in [1.29, 1.82) is 0 Å². The van der Waals surface area contributed by atoms with E-state index in [1.54, 1.807) is 12.1 Å². The fourth-order valence-electron chi connectivity index (χ4n) is 1.51. The van der Waals surface area contributed by atoms with Gasteiger partial charge in [0.05, 0.1) is 11.3 Å². The summed E-state index contributed by atoms with van der Waals surface area (Å²) in [5.41, 5.74) is -0.605. The first-order chi connectivity index (χ1) is 9.49. The predicted molar refractivity (Wildman–Crippen MR) is 74.6 cm³/mol. The van der Waals surface area contributed by atoms with Gasteiger partial charge in [0.25, 0.3) is 5.56 Å². The normalized spacial score (nSPS) is 10.8. The van der Waals surface area contributed by atoms with Gasteiger partial charge in [0.2, 0.25) is 5.88 Å². The van der Waals surface area contributed by atoms with Gasteiger partial charge in [0.15, 0.2) is 4.77 Å². The Bertz CT molecular complexity index is 807. The van der Waals surface area contributed by atoms with Gasteiger partial charge in [-0.3, -0.25) is 14.8 Å². The first-order valence-corrected chi connectivity index (χ1v) is 5.82. The molecule has 8 heteroatoms. The number of hydrogen-bond donors (Lipinski definition) is 4. The van der Waals surface area contributed by atoms with E-state index >= 15 is 0 Å². The van der Waals surface area contributed by atoms with Gasteiger partial charge >= 0.3 is 5.97 Å². The van der Waals surface area contributed by atoms with E-state index in [9.17, 15) is 14.7 Å². The molecule has 20 heavy (non-hydrogen) atoms. The van der Waals surface area contributed by atoms with Crippen molar-refractivity contribution >= 4 is 30.1 Å². The molecule has 2 rings (SSSR count). The van der Waals surface area contributed by atoms with Crippen LogP contribution in [0, 0.1) is 4.77 Å². The number of aromatic hydroxyl groups is 1. The second kappa shape index (κ2) is 5.49. The highest BCUT2D eigenvalue weighted by Crippen LogP contribution is 2.18. The third-order valence-corrected chi connectivity index (χ3v) is 2.63. The molecular formula is C12H9N3O4S. The minimum absolute atomic E-state index is 0.0106. The molecule has 102 valence electrons. The molecule has 1 heterocycles. The van der Waals surface area contributed by atoms with Gasteiger partial charge in [0, 0.05) is 6.21 Å². The molecule has 0 aliphatic carbocycles. The quantitative estimate of drug-likeness (QED) is 0.506. The molecule has 7 nitrogen and oxygen atoms in total. The van der Waals surface area contributed by atoms with Gasteiger partial charge in [-0.25, -0.2) is 4.79 Å². The zero-order valence-corrected chi connectivity index (χ0v) is 10.8. The maximum atomic E-state index is 11.6. The first-order valence-electron chi connectivity index (χ1n) is 5.41. The van der Waals surface area contributed by atoms with Crippen LogP contribution in [0.25, 0.3) is 0 Å². The lowest BCUT2D eigenvalue weighted by Crippen LogP contribution is -2.13. The fraction of sp³-hybridized carbons (Fsp3) is 0. The summed E-state index contributed by atoms with van der Waals surface area (Å²) >= 11 is 4.69. The number of aliphatic imine (C=N–C) groups is 1. The van der Waals surface area contributed by atoms with Gasteiger partial charge < -0.3 is 15.2 Å². The van der Waals surface area contributed by atoms with Crippen LogP contribution in [0.2, 0.25) is 0 Å². The number of nitrogens with one attached hydrogen (secondary N) is 2. The molecule has 1 aromatic carbocycles. The maximum absolute atomic E-state index is 11.6. The second-order valence-electron chi connectivity index (χ2n) is 3.75. The highest BCUT2D eigenvalue weighted by Gasteiger charge is 2.09. The summed E-state index contributed by atoms with van der Waals surface area (Å²) in [4.78, 5) is 31.2. The van der Waals surface area contributed by atoms with Crippen molar-refractivity contribution in [2.45, 2.75) is 0 Å². The van der Waals surface area contributed by atoms with Crippen molar-refractivity contribution in [3.63, 3.8) is 0 Å². The van der Waals surface area contributed by atoms with E-state index in [1.807, 2.05) is 0 Å². The number of carboxylic acid groups (broad SMARTS) is 1. The van der Waals surface area contributed by atoms with Crippen molar-refractivity contribution in [2.24, 2.45) is 4.99 Å². The number of rotatable bonds is 3. The fourth-order valence-corrected chi connectivity index (χ4v) is 1.69. The number of carboxylic acids is 1. The lowest BCUT2D eigenvalue weighted by atomic mass is 10.2. The largest absolute Gasteiger partial charge is 0.494 e. The van der Waals surface area contributed by atoms with E-state index in [0.29, 0.717) is 0 Å². The maximum Gasteiger partial charge on any atom is 0.337 e. The van der Waals surface area contributed by atoms with Crippen LogP contribution >= 0.6 is 12.2 Å². The molecule has 0 unspecified atom stereocenters. The van der Waals surface area contributed by atoms with Gasteiger partial charge in [-0.05, 0) is 24.4 Å². The molecule has 0 saturated heterocycles. The standard InChI is InChI=1S/C12H9N3O4S/c16-9-7(10(17)15-12(20)14-9)5-13-8-4-2-1-3-6(8)11(18)19/h1-5H,(H,18,19)(H3,14,15,16,17,20). The Morgan fingerprint density at radius 1 is 1.30 bits per heavy atom. The molecule has 4 N–H and O–H groups in total. The van der Waals surface area contributed by atoms with E-state index in [1.165, 1.54) is 12.1 Å². The minimum Gasteiger partial charge on any atom is -0.494 e. The highest BCUT2D eigenvalue weighted by molar-refractivity contribution is 7.71. The molecule has 0 aliphatic rings. The molecule has 0 radical (unpaired) electrons. The van der Waals surface area contributed by atoms with Crippen molar-refractivity contribution < 1.29 is 15.0 Å². The van der Waals surface area contributed by atoms with Crippen LogP contribution < -0.4 is 5.56 Å². The van der Waals surface area contributed by atoms with E-state index in [0.717, 1.165) is 6.21 Å². The van der Waals surface area contributed by atoms with Gasteiger partial charge in [-0.1, -0.05) is 12.1 Å². The number of carbonyl (C=O) groups is 1. The molecule has 2 aromatic rings. The summed E-state index contributed by atoms with van der Waals surface area (Å²) in [6.45, 7) is 0. The van der Waals surface area contributed by atoms with Crippen LogP contribution in [0.4, 0.5) is 5.69 Å². The number of H-pyrrole nitrogens is 2. The molecule has 1 aromatic heterocycles. The Labute approximate surface area is 117 Å². The Kier molecular flexibility index (Phi) is 3.76. The average Bonchev–Trinajstić information content (AvgIpc) is 2.37. The third kappa shape index (κ3) is 2.81. The van der Waals surface area contributed by atoms with Crippen LogP contribution in [0.5, 0.6) is 5.88 Å². The van der Waals surface area contributed by atoms with Crippen LogP contribution in [-0.2, 0) is 0 Å². The monoisotopic (exact) mass is 291 g/mol. The lowest BCUT2D eigenvalue weighted by molar-refractivity contribution is 0.0698. The zero-order chi connectivity index (χ0) is 14.7. The molecule has 0 aliphatic heterocycles. The number of aromatic nitrogens is 2. The Morgan fingerprint density at radius 2 is 2.00 bits per heavy atom. The van der Waals surface area contributed by atoms with Crippen molar-refractivity contribution in [1.82, 2.24) is 9.97 Å². The molecule has 0 atom stereocenters. The van der Waals surface area contributed by atoms with E-state index in [-0.39, 0.29) is 21.6 Å². The number of aromatic carboxylic acids is 1. The summed E-state index contributed by atoms with van der Waals surface area (Å²) in [7, 11) is 0. The van der Waals surface area contributed by atoms with Gasteiger partial charge in [0.1, 0.15) is 5.56 Å². The predicted octanol–water partition coefficient (Wildman–Crippen LogP) is 1.59. The smallest absolute Gasteiger partial charge is 0.337 e. The first kappa shape index (κ1) is 13.7. The topological polar surface area (TPSA) is 119 Å². The SMILES string of the molecule is O=C(O)c1ccccc1N=Cc1c(O)[nH]c(=S)[nH]c1=O. The number of para-hydroxylation sites is 1. The van der Waals surface area contributed by atoms with Crippen LogP contribution in [0.3, 0.4) is 0 Å². The van der Waals surface area contributed by atoms with Crippen LogP contribution in [0.15, 0.2) is 34.1 Å². The van der Waals surface area contributed by atoms with E-state index < -0.39 is 17.4 Å². The minimum atomic E-state index is -1.14. The van der Waals surface area contributed by atoms with Crippen molar-refractivity contribution in [3.05, 3.63) is 50.5 Å². The third-order valence-electron chi connectivity index (χ3n) is 2.43. The van der Waals surface area contributed by atoms with E-state index in [4.69, 9.17) is 5.11 Å². The Morgan fingerprint density at radius 3 is 2.65 bits per heavy atom. The van der Waals surface area contributed by atoms with Gasteiger partial charge in [-0.15, -0.1) is 0 Å². The van der Waals surface area contributed by atoms with Crippen molar-refractivity contribution in [3.8, 4) is 5.88 Å². The van der Waals surface area contributed by atoms with Crippen LogP contribution in [-0.4, -0.2) is 32.4 Å². The highest BCUT2D eigenvalue weighted by atomic mass is 32.1. The second-order valence-corrected chi connectivity index (χ2v) is 4.16. The number of nitrogens with zero attached hydrogens (tertiary/aromatic N) is 1. The Hall–Kier alpha value is -2.74. The summed E-state index contributed by atoms with van der Waals surface area (Å²) in [6.07, 6.45) is 1.07. The molecule has 0 bridgehead atoms. The molecule has 0 fully saturated rings.